The smallest absolute Gasteiger partial charge is 0.136 e. The summed E-state index contributed by atoms with van der Waals surface area (Å²) in [7, 11) is 3.89. The number of halogens is 1. The Balaban J connectivity index is 1.87. The number of nitrogens with zero attached hydrogens (tertiary/aromatic N) is 2. The molecule has 35 heavy (non-hydrogen) atoms. The quantitative estimate of drug-likeness (QED) is 0.306. The number of fused-ring (bicyclic) bond motifs is 1. The summed E-state index contributed by atoms with van der Waals surface area (Å²) in [5.74, 6) is 0.205. The number of hydrogen-bond donors (Lipinski definition) is 3. The molecule has 0 unspecified atom stereocenters. The van der Waals surface area contributed by atoms with E-state index in [9.17, 15) is 4.39 Å². The number of unbranched alkanes of at least 4 members (excludes halogenated alkanes) is 1. The Hall–Kier alpha value is -3.16. The van der Waals surface area contributed by atoms with Crippen molar-refractivity contribution < 1.29 is 9.13 Å². The lowest BCUT2D eigenvalue weighted by Crippen LogP contribution is -2.17. The van der Waals surface area contributed by atoms with Gasteiger partial charge in [-0.3, -0.25) is 0 Å². The van der Waals surface area contributed by atoms with Gasteiger partial charge in [0.05, 0.1) is 6.61 Å². The summed E-state index contributed by atoms with van der Waals surface area (Å²) in [6.07, 6.45) is 9.72. The summed E-state index contributed by atoms with van der Waals surface area (Å²) < 4.78 is 22.5. The molecule has 0 spiro atoms. The van der Waals surface area contributed by atoms with Gasteiger partial charge in [-0.1, -0.05) is 19.4 Å². The summed E-state index contributed by atoms with van der Waals surface area (Å²) in [6.45, 7) is 6.03. The van der Waals surface area contributed by atoms with Crippen LogP contribution in [0.15, 0.2) is 65.6 Å². The third-order valence-electron chi connectivity index (χ3n) is 6.11. The van der Waals surface area contributed by atoms with Crippen molar-refractivity contribution in [1.82, 2.24) is 20.0 Å². The Bertz CT molecular complexity index is 1180. The van der Waals surface area contributed by atoms with Crippen LogP contribution in [-0.2, 0) is 6.42 Å². The van der Waals surface area contributed by atoms with Crippen molar-refractivity contribution in [2.45, 2.75) is 39.5 Å². The maximum atomic E-state index is 14.2. The lowest BCUT2D eigenvalue weighted by molar-refractivity contribution is 0.321. The van der Waals surface area contributed by atoms with E-state index in [1.54, 1.807) is 6.07 Å². The molecule has 1 aromatic carbocycles. The Morgan fingerprint density at radius 1 is 1.23 bits per heavy atom. The summed E-state index contributed by atoms with van der Waals surface area (Å²) in [6, 6.07) is 8.65. The zero-order chi connectivity index (χ0) is 25.2. The summed E-state index contributed by atoms with van der Waals surface area (Å²) in [4.78, 5) is 4.45. The Kier molecular flexibility index (Phi) is 9.87. The van der Waals surface area contributed by atoms with Crippen molar-refractivity contribution in [2.75, 3.05) is 33.8 Å². The van der Waals surface area contributed by atoms with Gasteiger partial charge in [0, 0.05) is 67.4 Å². The number of rotatable bonds is 13. The molecular formula is C28H38FN5O. The molecule has 2 aromatic heterocycles. The van der Waals surface area contributed by atoms with Crippen LogP contribution in [0.4, 0.5) is 4.39 Å². The summed E-state index contributed by atoms with van der Waals surface area (Å²) in [5.41, 5.74) is 13.0. The predicted octanol–water partition coefficient (Wildman–Crippen LogP) is 4.85. The van der Waals surface area contributed by atoms with Gasteiger partial charge >= 0.3 is 0 Å². The average Bonchev–Trinajstić information content (AvgIpc) is 3.26. The molecule has 4 N–H and O–H groups in total. The number of ether oxygens (including phenoxy) is 1. The SMILES string of the molecule is CCC/C=C(CNC)/C(CCOc1cc(F)ccc1-c1ccc2ncc(CCN)n2c1)=C(/C)NC. The predicted molar refractivity (Wildman–Crippen MR) is 142 cm³/mol. The molecule has 0 saturated heterocycles. The molecule has 0 fully saturated rings. The number of hydrogen-bond acceptors (Lipinski definition) is 5. The molecule has 7 heteroatoms. The molecule has 0 atom stereocenters. The van der Waals surface area contributed by atoms with Crippen LogP contribution < -0.4 is 21.1 Å². The van der Waals surface area contributed by atoms with Crippen molar-refractivity contribution in [1.29, 1.82) is 0 Å². The van der Waals surface area contributed by atoms with Crippen molar-refractivity contribution in [2.24, 2.45) is 5.73 Å². The van der Waals surface area contributed by atoms with Crippen molar-refractivity contribution in [3.8, 4) is 16.9 Å². The van der Waals surface area contributed by atoms with Crippen LogP contribution in [0.2, 0.25) is 0 Å². The maximum absolute atomic E-state index is 14.2. The van der Waals surface area contributed by atoms with E-state index in [2.05, 4.69) is 35.5 Å². The van der Waals surface area contributed by atoms with E-state index < -0.39 is 0 Å². The number of aromatic nitrogens is 2. The Labute approximate surface area is 208 Å². The third kappa shape index (κ3) is 6.71. The van der Waals surface area contributed by atoms with E-state index in [4.69, 9.17) is 10.5 Å². The first-order chi connectivity index (χ1) is 17.0. The van der Waals surface area contributed by atoms with Crippen LogP contribution in [0, 0.1) is 5.82 Å². The molecule has 0 bridgehead atoms. The summed E-state index contributed by atoms with van der Waals surface area (Å²) >= 11 is 0. The van der Waals surface area contributed by atoms with Crippen LogP contribution in [-0.4, -0.2) is 43.2 Å². The molecule has 6 nitrogen and oxygen atoms in total. The van der Waals surface area contributed by atoms with Crippen LogP contribution in [0.25, 0.3) is 16.8 Å². The second-order valence-corrected chi connectivity index (χ2v) is 8.58. The lowest BCUT2D eigenvalue weighted by atomic mass is 9.99. The van der Waals surface area contributed by atoms with E-state index in [1.165, 1.54) is 23.3 Å². The highest BCUT2D eigenvalue weighted by atomic mass is 19.1. The number of allylic oxidation sites excluding steroid dienone is 2. The van der Waals surface area contributed by atoms with Crippen LogP contribution >= 0.6 is 0 Å². The molecule has 0 aliphatic carbocycles. The normalized spacial score (nSPS) is 12.7. The zero-order valence-corrected chi connectivity index (χ0v) is 21.3. The van der Waals surface area contributed by atoms with E-state index in [0.717, 1.165) is 54.0 Å². The fourth-order valence-corrected chi connectivity index (χ4v) is 4.19. The standard InChI is InChI=1S/C28H38FN5O/c1-5-6-7-21(17-31-3)25(20(2)32-4)13-15-35-27-16-23(29)9-10-26(27)22-8-11-28-33-18-24(12-14-30)34(28)19-22/h7-11,16,18-19,31-32H,5-6,12-15,17,30H2,1-4H3/b21-7+,25-20-. The Morgan fingerprint density at radius 2 is 2.06 bits per heavy atom. The number of nitrogens with one attached hydrogen (secondary N) is 2. The van der Waals surface area contributed by atoms with Gasteiger partial charge in [0.25, 0.3) is 0 Å². The molecule has 188 valence electrons. The molecular weight excluding hydrogens is 441 g/mol. The van der Waals surface area contributed by atoms with Gasteiger partial charge in [-0.05, 0) is 62.3 Å². The van der Waals surface area contributed by atoms with E-state index in [0.29, 0.717) is 25.3 Å². The highest BCUT2D eigenvalue weighted by Gasteiger charge is 2.13. The highest BCUT2D eigenvalue weighted by molar-refractivity contribution is 5.71. The van der Waals surface area contributed by atoms with Gasteiger partial charge in [-0.15, -0.1) is 0 Å². The molecule has 3 rings (SSSR count). The highest BCUT2D eigenvalue weighted by Crippen LogP contribution is 2.32. The van der Waals surface area contributed by atoms with Gasteiger partial charge in [-0.2, -0.15) is 0 Å². The lowest BCUT2D eigenvalue weighted by Gasteiger charge is -2.18. The van der Waals surface area contributed by atoms with Crippen LogP contribution in [0.3, 0.4) is 0 Å². The minimum Gasteiger partial charge on any atom is -0.492 e. The number of pyridine rings is 1. The van der Waals surface area contributed by atoms with Gasteiger partial charge in [0.2, 0.25) is 0 Å². The first-order valence-corrected chi connectivity index (χ1v) is 12.3. The van der Waals surface area contributed by atoms with Crippen molar-refractivity contribution in [3.05, 3.63) is 77.2 Å². The third-order valence-corrected chi connectivity index (χ3v) is 6.11. The van der Waals surface area contributed by atoms with Crippen LogP contribution in [0.5, 0.6) is 5.75 Å². The van der Waals surface area contributed by atoms with Gasteiger partial charge in [0.15, 0.2) is 0 Å². The minimum absolute atomic E-state index is 0.322. The molecule has 2 heterocycles. The monoisotopic (exact) mass is 479 g/mol. The molecule has 0 aliphatic heterocycles. The second kappa shape index (κ2) is 13.1. The van der Waals surface area contributed by atoms with Gasteiger partial charge in [-0.25, -0.2) is 9.37 Å². The van der Waals surface area contributed by atoms with Gasteiger partial charge in [0.1, 0.15) is 17.2 Å². The fraction of sp³-hybridized carbons (Fsp3) is 0.393. The average molecular weight is 480 g/mol. The van der Waals surface area contributed by atoms with Gasteiger partial charge < -0.3 is 25.5 Å². The maximum Gasteiger partial charge on any atom is 0.136 e. The number of imidazole rings is 1. The minimum atomic E-state index is -0.322. The molecule has 0 aliphatic rings. The van der Waals surface area contributed by atoms with Crippen LogP contribution in [0.1, 0.15) is 38.8 Å². The zero-order valence-electron chi connectivity index (χ0n) is 21.3. The first kappa shape index (κ1) is 26.4. The second-order valence-electron chi connectivity index (χ2n) is 8.58. The number of benzene rings is 1. The van der Waals surface area contributed by atoms with E-state index in [1.807, 2.05) is 43.0 Å². The van der Waals surface area contributed by atoms with E-state index in [-0.39, 0.29) is 5.82 Å². The topological polar surface area (TPSA) is 76.6 Å². The molecule has 0 saturated carbocycles. The molecule has 3 aromatic rings. The fourth-order valence-electron chi connectivity index (χ4n) is 4.19. The van der Waals surface area contributed by atoms with Crippen molar-refractivity contribution in [3.63, 3.8) is 0 Å². The van der Waals surface area contributed by atoms with Crippen molar-refractivity contribution >= 4 is 5.65 Å². The van der Waals surface area contributed by atoms with E-state index >= 15 is 0 Å². The molecule has 0 radical (unpaired) electrons. The number of likely N-dealkylation sites (N-methyl/N-ethyl adjacent to an activating group) is 1. The Morgan fingerprint density at radius 3 is 2.77 bits per heavy atom. The first-order valence-electron chi connectivity index (χ1n) is 12.3. The summed E-state index contributed by atoms with van der Waals surface area (Å²) in [5, 5.41) is 6.56. The largest absolute Gasteiger partial charge is 0.492 e. The molecule has 0 amide bonds. The number of nitrogens with two attached hydrogens (primary N) is 1.